The van der Waals surface area contributed by atoms with Crippen molar-refractivity contribution in [2.24, 2.45) is 0 Å². The molecule has 1 aliphatic rings. The van der Waals surface area contributed by atoms with Gasteiger partial charge in [0.1, 0.15) is 6.04 Å². The second kappa shape index (κ2) is 6.38. The number of carboxylic acids is 1. The summed E-state index contributed by atoms with van der Waals surface area (Å²) in [6, 6.07) is 8.87. The van der Waals surface area contributed by atoms with Gasteiger partial charge in [-0.05, 0) is 18.4 Å². The molecule has 0 spiro atoms. The molecular formula is C14H18N2O4. The van der Waals surface area contributed by atoms with Crippen LogP contribution in [0.3, 0.4) is 0 Å². The van der Waals surface area contributed by atoms with Crippen LogP contribution in [0, 0.1) is 0 Å². The van der Waals surface area contributed by atoms with Gasteiger partial charge in [0.2, 0.25) is 0 Å². The molecule has 1 heterocycles. The number of piperidine rings is 1. The smallest absolute Gasteiger partial charge is 0.408 e. The largest absolute Gasteiger partial charge is 0.480 e. The zero-order valence-corrected chi connectivity index (χ0v) is 11.0. The first-order valence-corrected chi connectivity index (χ1v) is 6.57. The standard InChI is InChI=1S/C14H18N2O4/c17-13(18)12-7-6-11(9-16(12)14(19)20)15-8-10-4-2-1-3-5-10/h1-5,11-12,15H,6-9H2,(H,17,18)(H,19,20)/t11?,12-/m0/s1. The van der Waals surface area contributed by atoms with E-state index in [1.54, 1.807) is 0 Å². The third-order valence-electron chi connectivity index (χ3n) is 3.55. The third-order valence-corrected chi connectivity index (χ3v) is 3.55. The monoisotopic (exact) mass is 278 g/mol. The summed E-state index contributed by atoms with van der Waals surface area (Å²) in [7, 11) is 0. The highest BCUT2D eigenvalue weighted by atomic mass is 16.4. The van der Waals surface area contributed by atoms with Crippen LogP contribution in [0.1, 0.15) is 18.4 Å². The number of likely N-dealkylation sites (tertiary alicyclic amines) is 1. The lowest BCUT2D eigenvalue weighted by Gasteiger charge is -2.36. The molecular weight excluding hydrogens is 260 g/mol. The number of carbonyl (C=O) groups is 2. The average molecular weight is 278 g/mol. The molecule has 1 fully saturated rings. The molecule has 0 radical (unpaired) electrons. The molecule has 0 saturated carbocycles. The number of nitrogens with zero attached hydrogens (tertiary/aromatic N) is 1. The van der Waals surface area contributed by atoms with E-state index in [-0.39, 0.29) is 12.6 Å². The molecule has 0 aliphatic carbocycles. The van der Waals surface area contributed by atoms with E-state index in [0.29, 0.717) is 19.4 Å². The minimum absolute atomic E-state index is 0.0121. The Balaban J connectivity index is 1.92. The topological polar surface area (TPSA) is 89.9 Å². The molecule has 2 atom stereocenters. The van der Waals surface area contributed by atoms with Gasteiger partial charge in [-0.2, -0.15) is 0 Å². The van der Waals surface area contributed by atoms with Crippen LogP contribution in [0.25, 0.3) is 0 Å². The van der Waals surface area contributed by atoms with E-state index in [0.717, 1.165) is 10.5 Å². The average Bonchev–Trinajstić information content (AvgIpc) is 2.45. The number of nitrogens with one attached hydrogen (secondary N) is 1. The molecule has 1 aliphatic heterocycles. The van der Waals surface area contributed by atoms with Crippen molar-refractivity contribution >= 4 is 12.1 Å². The molecule has 2 rings (SSSR count). The molecule has 1 unspecified atom stereocenters. The summed E-state index contributed by atoms with van der Waals surface area (Å²) < 4.78 is 0. The first-order chi connectivity index (χ1) is 9.58. The Morgan fingerprint density at radius 3 is 2.50 bits per heavy atom. The first-order valence-electron chi connectivity index (χ1n) is 6.57. The Labute approximate surface area is 117 Å². The second-order valence-corrected chi connectivity index (χ2v) is 4.93. The Hall–Kier alpha value is -2.08. The van der Waals surface area contributed by atoms with E-state index in [9.17, 15) is 9.59 Å². The van der Waals surface area contributed by atoms with Gasteiger partial charge in [0.15, 0.2) is 0 Å². The van der Waals surface area contributed by atoms with E-state index in [4.69, 9.17) is 10.2 Å². The lowest BCUT2D eigenvalue weighted by Crippen LogP contribution is -2.54. The maximum Gasteiger partial charge on any atom is 0.408 e. The van der Waals surface area contributed by atoms with Gasteiger partial charge >= 0.3 is 12.1 Å². The van der Waals surface area contributed by atoms with Crippen molar-refractivity contribution in [3.05, 3.63) is 35.9 Å². The molecule has 6 heteroatoms. The molecule has 1 saturated heterocycles. The van der Waals surface area contributed by atoms with Crippen LogP contribution < -0.4 is 5.32 Å². The first kappa shape index (κ1) is 14.3. The number of hydrogen-bond donors (Lipinski definition) is 3. The van der Waals surface area contributed by atoms with Crippen molar-refractivity contribution in [3.8, 4) is 0 Å². The zero-order chi connectivity index (χ0) is 14.5. The number of hydrogen-bond acceptors (Lipinski definition) is 3. The van der Waals surface area contributed by atoms with Crippen LogP contribution in [0.4, 0.5) is 4.79 Å². The lowest BCUT2D eigenvalue weighted by molar-refractivity contribution is -0.144. The van der Waals surface area contributed by atoms with Crippen molar-refractivity contribution in [1.82, 2.24) is 10.2 Å². The van der Waals surface area contributed by atoms with E-state index < -0.39 is 18.1 Å². The Morgan fingerprint density at radius 1 is 1.20 bits per heavy atom. The zero-order valence-electron chi connectivity index (χ0n) is 11.0. The highest BCUT2D eigenvalue weighted by Crippen LogP contribution is 2.18. The Kier molecular flexibility index (Phi) is 4.57. The van der Waals surface area contributed by atoms with Crippen molar-refractivity contribution in [2.45, 2.75) is 31.5 Å². The Bertz CT molecular complexity index is 477. The summed E-state index contributed by atoms with van der Waals surface area (Å²) in [6.45, 7) is 0.857. The molecule has 0 aromatic heterocycles. The van der Waals surface area contributed by atoms with E-state index in [2.05, 4.69) is 5.32 Å². The van der Waals surface area contributed by atoms with E-state index >= 15 is 0 Å². The fourth-order valence-corrected chi connectivity index (χ4v) is 2.46. The fraction of sp³-hybridized carbons (Fsp3) is 0.429. The number of carboxylic acid groups (broad SMARTS) is 2. The lowest BCUT2D eigenvalue weighted by atomic mass is 9.98. The van der Waals surface area contributed by atoms with Gasteiger partial charge in [-0.3, -0.25) is 4.90 Å². The van der Waals surface area contributed by atoms with Crippen LogP contribution in [-0.4, -0.2) is 45.8 Å². The summed E-state index contributed by atoms with van der Waals surface area (Å²) in [5, 5.41) is 21.4. The second-order valence-electron chi connectivity index (χ2n) is 4.93. The van der Waals surface area contributed by atoms with Crippen molar-refractivity contribution in [1.29, 1.82) is 0 Å². The van der Waals surface area contributed by atoms with Crippen LogP contribution >= 0.6 is 0 Å². The van der Waals surface area contributed by atoms with Gasteiger partial charge < -0.3 is 15.5 Å². The molecule has 1 aromatic carbocycles. The maximum atomic E-state index is 11.1. The van der Waals surface area contributed by atoms with E-state index in [1.807, 2.05) is 30.3 Å². The molecule has 1 aromatic rings. The van der Waals surface area contributed by atoms with Crippen LogP contribution in [0.2, 0.25) is 0 Å². The quantitative estimate of drug-likeness (QED) is 0.774. The number of aliphatic carboxylic acids is 1. The molecule has 3 N–H and O–H groups in total. The predicted molar refractivity (Wildman–Crippen MR) is 72.5 cm³/mol. The predicted octanol–water partition coefficient (Wildman–Crippen LogP) is 1.37. The van der Waals surface area contributed by atoms with Crippen molar-refractivity contribution < 1.29 is 19.8 Å². The van der Waals surface area contributed by atoms with Crippen LogP contribution in [-0.2, 0) is 11.3 Å². The highest BCUT2D eigenvalue weighted by molar-refractivity contribution is 5.79. The minimum Gasteiger partial charge on any atom is -0.480 e. The number of rotatable bonds is 4. The molecule has 0 bridgehead atoms. The summed E-state index contributed by atoms with van der Waals surface area (Å²) in [4.78, 5) is 23.2. The summed E-state index contributed by atoms with van der Waals surface area (Å²) in [5.41, 5.74) is 1.12. The molecule has 20 heavy (non-hydrogen) atoms. The number of benzene rings is 1. The van der Waals surface area contributed by atoms with Gasteiger partial charge in [0.25, 0.3) is 0 Å². The Morgan fingerprint density at radius 2 is 1.90 bits per heavy atom. The van der Waals surface area contributed by atoms with Gasteiger partial charge in [-0.25, -0.2) is 9.59 Å². The van der Waals surface area contributed by atoms with Gasteiger partial charge in [0, 0.05) is 19.1 Å². The molecule has 108 valence electrons. The normalized spacial score (nSPS) is 22.5. The van der Waals surface area contributed by atoms with Crippen LogP contribution in [0.15, 0.2) is 30.3 Å². The van der Waals surface area contributed by atoms with Crippen molar-refractivity contribution in [2.75, 3.05) is 6.54 Å². The minimum atomic E-state index is -1.18. The number of amides is 1. The summed E-state index contributed by atoms with van der Waals surface area (Å²) >= 11 is 0. The van der Waals surface area contributed by atoms with Crippen LogP contribution in [0.5, 0.6) is 0 Å². The summed E-state index contributed by atoms with van der Waals surface area (Å²) in [5.74, 6) is -1.08. The van der Waals surface area contributed by atoms with Crippen molar-refractivity contribution in [3.63, 3.8) is 0 Å². The maximum absolute atomic E-state index is 11.1. The molecule has 1 amide bonds. The summed E-state index contributed by atoms with van der Waals surface area (Å²) in [6.07, 6.45) is -0.176. The third kappa shape index (κ3) is 3.48. The van der Waals surface area contributed by atoms with Gasteiger partial charge in [-0.1, -0.05) is 30.3 Å². The molecule has 6 nitrogen and oxygen atoms in total. The highest BCUT2D eigenvalue weighted by Gasteiger charge is 2.35. The van der Waals surface area contributed by atoms with Gasteiger partial charge in [-0.15, -0.1) is 0 Å². The van der Waals surface area contributed by atoms with E-state index in [1.165, 1.54) is 0 Å². The SMILES string of the molecule is O=C(O)[C@@H]1CCC(NCc2ccccc2)CN1C(=O)O. The van der Waals surface area contributed by atoms with Gasteiger partial charge in [0.05, 0.1) is 0 Å². The fourth-order valence-electron chi connectivity index (χ4n) is 2.46.